The summed E-state index contributed by atoms with van der Waals surface area (Å²) in [5.41, 5.74) is 4.30. The number of fused-ring (bicyclic) bond motifs is 2. The average Bonchev–Trinajstić information content (AvgIpc) is 3.41. The Morgan fingerprint density at radius 1 is 1.21 bits per heavy atom. The molecule has 8 heteroatoms. The fourth-order valence-corrected chi connectivity index (χ4v) is 4.60. The van der Waals surface area contributed by atoms with Crippen molar-refractivity contribution in [2.45, 2.75) is 0 Å². The fraction of sp³-hybridized carbons (Fsp3) is 0.190. The number of hydrogen-bond donors (Lipinski definition) is 1. The minimum atomic E-state index is -0.172. The molecule has 1 amide bonds. The standard InChI is InChI=1S/C21H19N5O2S/c1-25-20(28-2)16-8-5-14(11-17(16)24-25)19(27)23-15-6-3-13(4-7-15)18-12-29-21-22-9-10-26(18)21/h3-8,11-12H,9-10H2,1-2H3,(H,23,27). The van der Waals surface area contributed by atoms with Gasteiger partial charge in [0.15, 0.2) is 5.17 Å². The molecule has 0 saturated carbocycles. The smallest absolute Gasteiger partial charge is 0.255 e. The maximum atomic E-state index is 12.7. The third-order valence-corrected chi connectivity index (χ3v) is 5.94. The molecule has 3 heterocycles. The van der Waals surface area contributed by atoms with E-state index in [-0.39, 0.29) is 5.91 Å². The molecule has 2 aromatic carbocycles. The van der Waals surface area contributed by atoms with E-state index >= 15 is 0 Å². The number of amidine groups is 1. The SMILES string of the molecule is COc1c2ccc(C(=O)Nc3ccc(C4=CSC5=NCCN45)cc3)cc2nn1C. The Bertz CT molecular complexity index is 1180. The minimum absolute atomic E-state index is 0.172. The molecule has 0 bridgehead atoms. The van der Waals surface area contributed by atoms with Gasteiger partial charge in [0.05, 0.1) is 30.3 Å². The van der Waals surface area contributed by atoms with Gasteiger partial charge in [-0.3, -0.25) is 9.79 Å². The molecule has 0 atom stereocenters. The molecule has 2 aliphatic heterocycles. The molecule has 0 fully saturated rings. The Morgan fingerprint density at radius 2 is 2.03 bits per heavy atom. The summed E-state index contributed by atoms with van der Waals surface area (Å²) < 4.78 is 7.02. The number of benzene rings is 2. The number of aromatic nitrogens is 2. The predicted molar refractivity (Wildman–Crippen MR) is 116 cm³/mol. The summed E-state index contributed by atoms with van der Waals surface area (Å²) in [6.45, 7) is 1.77. The lowest BCUT2D eigenvalue weighted by Gasteiger charge is -2.16. The van der Waals surface area contributed by atoms with Crippen molar-refractivity contribution >= 4 is 45.1 Å². The molecule has 0 radical (unpaired) electrons. The van der Waals surface area contributed by atoms with Gasteiger partial charge in [-0.1, -0.05) is 23.9 Å². The molecule has 29 heavy (non-hydrogen) atoms. The van der Waals surface area contributed by atoms with Crippen LogP contribution < -0.4 is 10.1 Å². The van der Waals surface area contributed by atoms with E-state index < -0.39 is 0 Å². The highest BCUT2D eigenvalue weighted by Crippen LogP contribution is 2.35. The van der Waals surface area contributed by atoms with Gasteiger partial charge < -0.3 is 15.0 Å². The zero-order valence-electron chi connectivity index (χ0n) is 16.0. The second-order valence-electron chi connectivity index (χ2n) is 6.83. The Labute approximate surface area is 172 Å². The van der Waals surface area contributed by atoms with Gasteiger partial charge in [0.1, 0.15) is 0 Å². The van der Waals surface area contributed by atoms with Crippen LogP contribution in [0.15, 0.2) is 52.9 Å². The molecule has 0 spiro atoms. The van der Waals surface area contributed by atoms with Gasteiger partial charge in [-0.2, -0.15) is 5.10 Å². The number of carbonyl (C=O) groups is 1. The van der Waals surface area contributed by atoms with Crippen LogP contribution in [-0.2, 0) is 7.05 Å². The first kappa shape index (κ1) is 17.8. The first-order valence-electron chi connectivity index (χ1n) is 9.25. The molecule has 146 valence electrons. The minimum Gasteiger partial charge on any atom is -0.481 e. The first-order valence-corrected chi connectivity index (χ1v) is 10.1. The molecule has 1 aromatic heterocycles. The van der Waals surface area contributed by atoms with Gasteiger partial charge >= 0.3 is 0 Å². The van der Waals surface area contributed by atoms with Gasteiger partial charge in [0.25, 0.3) is 5.91 Å². The van der Waals surface area contributed by atoms with Crippen molar-refractivity contribution in [3.05, 3.63) is 59.0 Å². The average molecular weight is 405 g/mol. The number of anilines is 1. The summed E-state index contributed by atoms with van der Waals surface area (Å²) in [6.07, 6.45) is 0. The number of aryl methyl sites for hydroxylation is 1. The van der Waals surface area contributed by atoms with Crippen molar-refractivity contribution in [3.8, 4) is 5.88 Å². The third kappa shape index (κ3) is 3.05. The first-order chi connectivity index (χ1) is 14.1. The summed E-state index contributed by atoms with van der Waals surface area (Å²) in [7, 11) is 3.42. The molecule has 2 aliphatic rings. The largest absolute Gasteiger partial charge is 0.481 e. The summed E-state index contributed by atoms with van der Waals surface area (Å²) in [5.74, 6) is 0.502. The fourth-order valence-electron chi connectivity index (χ4n) is 3.63. The summed E-state index contributed by atoms with van der Waals surface area (Å²) in [6, 6.07) is 13.3. The van der Waals surface area contributed by atoms with Crippen LogP contribution in [0, 0.1) is 0 Å². The normalized spacial score (nSPS) is 15.3. The Kier molecular flexibility index (Phi) is 4.28. The quantitative estimate of drug-likeness (QED) is 0.719. The highest BCUT2D eigenvalue weighted by molar-refractivity contribution is 8.16. The molecule has 3 aromatic rings. The van der Waals surface area contributed by atoms with Crippen LogP contribution in [0.5, 0.6) is 5.88 Å². The Hall–Kier alpha value is -3.26. The molecule has 5 rings (SSSR count). The van der Waals surface area contributed by atoms with E-state index in [1.807, 2.05) is 37.4 Å². The summed E-state index contributed by atoms with van der Waals surface area (Å²) >= 11 is 1.66. The van der Waals surface area contributed by atoms with Crippen molar-refractivity contribution in [1.29, 1.82) is 0 Å². The van der Waals surface area contributed by atoms with Crippen LogP contribution in [0.2, 0.25) is 0 Å². The number of aliphatic imine (C=N–C) groups is 1. The summed E-state index contributed by atoms with van der Waals surface area (Å²) in [5, 5.41) is 11.4. The predicted octanol–water partition coefficient (Wildman–Crippen LogP) is 3.55. The van der Waals surface area contributed by atoms with Crippen molar-refractivity contribution in [1.82, 2.24) is 14.7 Å². The number of carbonyl (C=O) groups excluding carboxylic acids is 1. The Balaban J connectivity index is 1.33. The van der Waals surface area contributed by atoms with Gasteiger partial charge in [0.2, 0.25) is 5.88 Å². The zero-order valence-corrected chi connectivity index (χ0v) is 16.9. The number of amides is 1. The lowest BCUT2D eigenvalue weighted by atomic mass is 10.1. The highest BCUT2D eigenvalue weighted by atomic mass is 32.2. The maximum absolute atomic E-state index is 12.7. The van der Waals surface area contributed by atoms with Crippen molar-refractivity contribution in [2.75, 3.05) is 25.5 Å². The van der Waals surface area contributed by atoms with E-state index in [1.54, 1.807) is 35.7 Å². The summed E-state index contributed by atoms with van der Waals surface area (Å²) in [4.78, 5) is 19.4. The lowest BCUT2D eigenvalue weighted by molar-refractivity contribution is 0.102. The van der Waals surface area contributed by atoms with E-state index in [0.717, 1.165) is 40.4 Å². The number of hydrogen-bond acceptors (Lipinski definition) is 6. The van der Waals surface area contributed by atoms with Crippen LogP contribution in [-0.4, -0.2) is 46.0 Å². The van der Waals surface area contributed by atoms with E-state index in [9.17, 15) is 4.79 Å². The number of thioether (sulfide) groups is 1. The number of ether oxygens (including phenoxy) is 1. The molecule has 0 aliphatic carbocycles. The molecule has 0 unspecified atom stereocenters. The van der Waals surface area contributed by atoms with Gasteiger partial charge in [-0.05, 0) is 35.9 Å². The van der Waals surface area contributed by atoms with Crippen LogP contribution in [0.4, 0.5) is 5.69 Å². The van der Waals surface area contributed by atoms with Crippen LogP contribution in [0.3, 0.4) is 0 Å². The monoisotopic (exact) mass is 405 g/mol. The molecular formula is C21H19N5O2S. The third-order valence-electron chi connectivity index (χ3n) is 5.04. The molecule has 1 N–H and O–H groups in total. The van der Waals surface area contributed by atoms with Gasteiger partial charge in [-0.25, -0.2) is 4.68 Å². The molecular weight excluding hydrogens is 386 g/mol. The van der Waals surface area contributed by atoms with Crippen molar-refractivity contribution < 1.29 is 9.53 Å². The maximum Gasteiger partial charge on any atom is 0.255 e. The molecule has 0 saturated heterocycles. The van der Waals surface area contributed by atoms with Crippen molar-refractivity contribution in [3.63, 3.8) is 0 Å². The van der Waals surface area contributed by atoms with Gasteiger partial charge in [0, 0.05) is 30.3 Å². The molecule has 7 nitrogen and oxygen atoms in total. The second-order valence-corrected chi connectivity index (χ2v) is 7.67. The second kappa shape index (κ2) is 6.97. The number of nitrogens with zero attached hydrogens (tertiary/aromatic N) is 4. The number of nitrogens with one attached hydrogen (secondary N) is 1. The highest BCUT2D eigenvalue weighted by Gasteiger charge is 2.26. The van der Waals surface area contributed by atoms with E-state index in [2.05, 4.69) is 25.7 Å². The zero-order chi connectivity index (χ0) is 20.0. The van der Waals surface area contributed by atoms with Gasteiger partial charge in [-0.15, -0.1) is 0 Å². The van der Waals surface area contributed by atoms with E-state index in [0.29, 0.717) is 11.4 Å². The van der Waals surface area contributed by atoms with E-state index in [1.165, 1.54) is 5.70 Å². The lowest BCUT2D eigenvalue weighted by Crippen LogP contribution is -2.19. The topological polar surface area (TPSA) is 71.8 Å². The number of methoxy groups -OCH3 is 1. The number of rotatable bonds is 4. The van der Waals surface area contributed by atoms with Crippen LogP contribution in [0.25, 0.3) is 16.6 Å². The van der Waals surface area contributed by atoms with Crippen LogP contribution in [0.1, 0.15) is 15.9 Å². The van der Waals surface area contributed by atoms with Crippen LogP contribution >= 0.6 is 11.8 Å². The Morgan fingerprint density at radius 3 is 2.83 bits per heavy atom. The van der Waals surface area contributed by atoms with E-state index in [4.69, 9.17) is 4.74 Å². The van der Waals surface area contributed by atoms with Crippen molar-refractivity contribution in [2.24, 2.45) is 12.0 Å².